The fourth-order valence-electron chi connectivity index (χ4n) is 19.6. The van der Waals surface area contributed by atoms with Gasteiger partial charge in [-0.05, 0) is 200 Å². The average molecular weight is 1840 g/mol. The molecule has 24 rings (SSSR count). The van der Waals surface area contributed by atoms with Crippen LogP contribution in [0.15, 0.2) is 387 Å². The number of rotatable bonds is 12. The molecule has 0 fully saturated rings. The molecule has 2 unspecified atom stereocenters. The molecule has 14 aromatic carbocycles. The van der Waals surface area contributed by atoms with Gasteiger partial charge in [-0.15, -0.1) is 0 Å². The molecule has 0 aliphatic rings. The van der Waals surface area contributed by atoms with Crippen molar-refractivity contribution in [3.63, 3.8) is 0 Å². The van der Waals surface area contributed by atoms with Crippen molar-refractivity contribution in [2.75, 3.05) is 0 Å². The summed E-state index contributed by atoms with van der Waals surface area (Å²) in [6.07, 6.45) is 10.2. The van der Waals surface area contributed by atoms with Crippen LogP contribution in [0.3, 0.4) is 0 Å². The molecule has 10 nitrogen and oxygen atoms in total. The van der Waals surface area contributed by atoms with Gasteiger partial charge in [0.15, 0.2) is 31.0 Å². The molecule has 10 heterocycles. The van der Waals surface area contributed by atoms with Crippen LogP contribution in [0.5, 0.6) is 0 Å². The number of para-hydroxylation sites is 5. The van der Waals surface area contributed by atoms with Crippen molar-refractivity contribution >= 4 is 110 Å². The molecule has 0 amide bonds. The van der Waals surface area contributed by atoms with Crippen LogP contribution in [0.1, 0.15) is 110 Å². The predicted octanol–water partition coefficient (Wildman–Crippen LogP) is 32.2. The van der Waals surface area contributed by atoms with Gasteiger partial charge in [0.1, 0.15) is 91.1 Å². The topological polar surface area (TPSA) is 85.1 Å². The number of benzene rings is 14. The van der Waals surface area contributed by atoms with Crippen LogP contribution in [0.2, 0.25) is 0 Å². The van der Waals surface area contributed by atoms with Crippen molar-refractivity contribution in [2.24, 2.45) is 41.1 Å². The quantitative estimate of drug-likeness (QED) is 0.114. The Morgan fingerprint density at radius 2 is 0.550 bits per heavy atom. The van der Waals surface area contributed by atoms with E-state index in [9.17, 15) is 0 Å². The number of hydrogen-bond donors (Lipinski definition) is 0. The molecule has 0 aliphatic heterocycles. The van der Waals surface area contributed by atoms with Crippen LogP contribution in [-0.4, -0.2) is 0 Å². The second-order valence-corrected chi connectivity index (χ2v) is 37.3. The molecular weight excluding hydrogens is 1710 g/mol. The van der Waals surface area contributed by atoms with E-state index in [4.69, 9.17) is 37.2 Å². The Morgan fingerprint density at radius 3 is 0.864 bits per heavy atom. The molecule has 10 aromatic heterocycles. The zero-order chi connectivity index (χ0) is 106. The first-order chi connectivity index (χ1) is 72.1. The summed E-state index contributed by atoms with van der Waals surface area (Å²) in [5.74, 6) is -3.18. The lowest BCUT2D eigenvalue weighted by Gasteiger charge is -2.09. The van der Waals surface area contributed by atoms with E-state index < -0.39 is 32.3 Å². The smallest absolute Gasteiger partial charge is 0.216 e. The van der Waals surface area contributed by atoms with E-state index >= 15 is 0 Å². The van der Waals surface area contributed by atoms with Gasteiger partial charge in [0.2, 0.25) is 28.5 Å². The maximum absolute atomic E-state index is 8.34. The molecular formula is C130H118N5O5+5. The zero-order valence-electron chi connectivity index (χ0n) is 92.6. The Kier molecular flexibility index (Phi) is 21.7. The highest BCUT2D eigenvalue weighted by Gasteiger charge is 2.29. The largest absolute Gasteiger partial charge is 0.455 e. The maximum atomic E-state index is 8.34. The van der Waals surface area contributed by atoms with Crippen LogP contribution >= 0.6 is 0 Å². The molecule has 688 valence electrons. The summed E-state index contributed by atoms with van der Waals surface area (Å²) < 4.78 is 128. The summed E-state index contributed by atoms with van der Waals surface area (Å²) in [6.45, 7) is 12.7. The molecule has 140 heavy (non-hydrogen) atoms. The number of hydrogen-bond acceptors (Lipinski definition) is 5. The van der Waals surface area contributed by atoms with Crippen LogP contribution in [-0.2, 0) is 41.7 Å². The van der Waals surface area contributed by atoms with E-state index in [2.05, 4.69) is 294 Å². The van der Waals surface area contributed by atoms with Crippen LogP contribution in [0.25, 0.3) is 210 Å². The van der Waals surface area contributed by atoms with Crippen molar-refractivity contribution in [2.45, 2.75) is 102 Å². The minimum atomic E-state index is -2.40. The molecule has 0 saturated heterocycles. The second-order valence-electron chi connectivity index (χ2n) is 37.3. The predicted molar refractivity (Wildman–Crippen MR) is 579 cm³/mol. The van der Waals surface area contributed by atoms with Gasteiger partial charge in [-0.2, -0.15) is 0 Å². The third-order valence-electron chi connectivity index (χ3n) is 27.3. The standard InChI is InChI=1S/C29H28NO.C28H26NO.2C26H22NO.C21H20NO/c1-19(2)17-21-10-12-22(13-11-21)23-15-16-30(4)26(18-23)28-20(3)9-14-25-24-7-5-6-8-27(24)31-29(25)28;1-18(2)20-10-12-21(13-11-20)22-15-16-29(4)25(17-22)27-19(3)9-14-24-23-7-5-6-8-26(23)30-28(24)27;1-17-7-6-8-19(15-17)20-13-14-27(3)23(16-20)25-18(2)11-12-22-21-9-4-5-10-24(21)28-26(22)25;1-17-8-11-19(12-9-17)20-14-15-27(3)23(16-20)25-18(2)10-13-22-21-6-4-5-7-24(21)28-26(22)25;1-13-9-10-17-16-7-5-6-8-19(16)23-21(17)20(13)18-11-14(2)15(3)12-22(18)4/h5-16,18-19H,17H2,1-4H3;5-18H,1-4H3;2*4-16H,1-3H3;5-12H,1-4H3/q5*+1/i1D3,19D;1D3,18D;;;3D3. The highest BCUT2D eigenvalue weighted by molar-refractivity contribution is 6.14. The summed E-state index contributed by atoms with van der Waals surface area (Å²) in [5, 5.41) is 11.2. The number of nitrogens with zero attached hydrogens (tertiary/aromatic N) is 5. The average Bonchev–Trinajstić information content (AvgIpc) is 1.63. The van der Waals surface area contributed by atoms with Crippen molar-refractivity contribution in [3.8, 4) is 101 Å². The summed E-state index contributed by atoms with van der Waals surface area (Å²) in [6, 6.07) is 114. The number of pyridine rings is 5. The van der Waals surface area contributed by atoms with Gasteiger partial charge < -0.3 is 22.1 Å². The lowest BCUT2D eigenvalue weighted by Crippen LogP contribution is -2.31. The zero-order valence-corrected chi connectivity index (χ0v) is 81.6. The number of furan rings is 5. The van der Waals surface area contributed by atoms with Crippen molar-refractivity contribution in [1.29, 1.82) is 0 Å². The first-order valence-corrected chi connectivity index (χ1v) is 47.5. The van der Waals surface area contributed by atoms with Crippen molar-refractivity contribution in [1.82, 2.24) is 0 Å². The number of aryl methyl sites for hydroxylation is 14. The minimum absolute atomic E-state index is 0.173. The van der Waals surface area contributed by atoms with Gasteiger partial charge >= 0.3 is 0 Å². The van der Waals surface area contributed by atoms with Gasteiger partial charge in [0.05, 0.1) is 27.8 Å². The first kappa shape index (κ1) is 79.0. The fourth-order valence-corrected chi connectivity index (χ4v) is 19.6. The SMILES string of the molecule is Cc1ccc(-c2cc[n+](C)c(-c3c(C)ccc4c3oc3ccccc34)c2)cc1.Cc1cccc(-c2cc[n+](C)c(-c3c(C)ccc4c3oc3ccccc34)c2)c1.[2H]C([2H])([2H])C([2H])(C)Cc1ccc(-c2cc[n+](C)c(-c3c(C)ccc4c3oc3ccccc34)c2)cc1.[2H]C([2H])([2H])C([2H])(C)c1ccc(-c2cc[n+](C)c(-c3c(C)ccc4c3oc3ccccc34)c2)cc1.[2H]C([2H])([2H])c1c[n+](C)c(-c2c(C)ccc3c2oc2ccccc23)cc1C. The van der Waals surface area contributed by atoms with Gasteiger partial charge in [-0.1, -0.05) is 287 Å². The number of fused-ring (bicyclic) bond motifs is 15. The number of aromatic nitrogens is 5. The molecule has 0 radical (unpaired) electrons. The lowest BCUT2D eigenvalue weighted by molar-refractivity contribution is -0.660. The summed E-state index contributed by atoms with van der Waals surface area (Å²) in [7, 11) is 10.1. The van der Waals surface area contributed by atoms with Gasteiger partial charge in [0.25, 0.3) is 0 Å². The van der Waals surface area contributed by atoms with Crippen LogP contribution < -0.4 is 22.8 Å². The van der Waals surface area contributed by atoms with E-state index in [1.807, 2.05) is 166 Å². The Hall–Kier alpha value is -16.2. The van der Waals surface area contributed by atoms with Gasteiger partial charge in [0, 0.05) is 129 Å². The maximum Gasteiger partial charge on any atom is 0.216 e. The molecule has 24 aromatic rings. The Labute approximate surface area is 834 Å². The summed E-state index contributed by atoms with van der Waals surface area (Å²) >= 11 is 0. The molecule has 10 heteroatoms. The van der Waals surface area contributed by atoms with Crippen LogP contribution in [0.4, 0.5) is 0 Å². The second kappa shape index (κ2) is 38.4. The molecule has 0 bridgehead atoms. The van der Waals surface area contributed by atoms with Crippen molar-refractivity contribution in [3.05, 3.63) is 426 Å². The van der Waals surface area contributed by atoms with E-state index in [0.29, 0.717) is 11.1 Å². The molecule has 2 atom stereocenters. The van der Waals surface area contributed by atoms with E-state index in [1.54, 1.807) is 18.3 Å². The highest BCUT2D eigenvalue weighted by atomic mass is 16.3. The van der Waals surface area contributed by atoms with E-state index in [0.717, 1.165) is 216 Å². The minimum Gasteiger partial charge on any atom is -0.455 e. The first-order valence-electron chi connectivity index (χ1n) is 53.0. The lowest BCUT2D eigenvalue weighted by atomic mass is 9.96. The van der Waals surface area contributed by atoms with Gasteiger partial charge in [-0.3, -0.25) is 0 Å². The molecule has 0 N–H and O–H groups in total. The molecule has 0 spiro atoms. The Balaban J connectivity index is 0.000000114. The van der Waals surface area contributed by atoms with Gasteiger partial charge in [-0.25, -0.2) is 22.8 Å². The third kappa shape index (κ3) is 17.8. The van der Waals surface area contributed by atoms with Crippen molar-refractivity contribution < 1.29 is 60.0 Å². The van der Waals surface area contributed by atoms with E-state index in [1.165, 1.54) is 58.4 Å². The summed E-state index contributed by atoms with van der Waals surface area (Å²) in [4.78, 5) is 0. The monoisotopic (exact) mass is 1840 g/mol. The Bertz CT molecular complexity index is 9410. The fraction of sp³-hybridized carbons (Fsp3) is 0.162. The molecule has 0 saturated carbocycles. The van der Waals surface area contributed by atoms with E-state index in [-0.39, 0.29) is 6.42 Å². The third-order valence-corrected chi connectivity index (χ3v) is 27.3. The van der Waals surface area contributed by atoms with Crippen LogP contribution in [0, 0.1) is 68.1 Å². The normalized spacial score (nSPS) is 13.8. The molecule has 0 aliphatic carbocycles. The summed E-state index contributed by atoms with van der Waals surface area (Å²) in [5.41, 5.74) is 39.4. The highest BCUT2D eigenvalue weighted by Crippen LogP contribution is 2.45. The Morgan fingerprint density at radius 1 is 0.250 bits per heavy atom.